The molecule has 6 nitrogen and oxygen atoms in total. The van der Waals surface area contributed by atoms with Crippen molar-refractivity contribution in [2.75, 3.05) is 13.6 Å². The number of hydrogen-bond donors (Lipinski definition) is 1. The fraction of sp³-hybridized carbons (Fsp3) is 0.182. The van der Waals surface area contributed by atoms with Gasteiger partial charge >= 0.3 is 0 Å². The smallest absolute Gasteiger partial charge is 0.253 e. The van der Waals surface area contributed by atoms with Gasteiger partial charge in [0, 0.05) is 56.1 Å². The lowest BCUT2D eigenvalue weighted by Gasteiger charge is -2.17. The molecule has 0 aliphatic heterocycles. The molecule has 0 radical (unpaired) electrons. The van der Waals surface area contributed by atoms with Crippen molar-refractivity contribution >= 4 is 11.8 Å². The molecule has 0 unspecified atom stereocenters. The Morgan fingerprint density at radius 1 is 0.929 bits per heavy atom. The number of carbonyl (C=O) groups is 2. The quantitative estimate of drug-likeness (QED) is 0.690. The van der Waals surface area contributed by atoms with Crippen LogP contribution in [0.5, 0.6) is 0 Å². The minimum absolute atomic E-state index is 0.115. The zero-order valence-corrected chi connectivity index (χ0v) is 15.7. The average Bonchev–Trinajstić information content (AvgIpc) is 2.76. The molecule has 2 amide bonds. The molecule has 1 N–H and O–H groups in total. The number of amides is 2. The molecule has 6 heteroatoms. The van der Waals surface area contributed by atoms with Crippen LogP contribution >= 0.6 is 0 Å². The molecule has 3 rings (SSSR count). The number of nitrogens with zero attached hydrogens (tertiary/aromatic N) is 3. The monoisotopic (exact) mass is 374 g/mol. The average molecular weight is 374 g/mol. The number of hydrogen-bond acceptors (Lipinski definition) is 4. The van der Waals surface area contributed by atoms with Gasteiger partial charge in [-0.15, -0.1) is 0 Å². The summed E-state index contributed by atoms with van der Waals surface area (Å²) in [6, 6.07) is 14.4. The first-order valence-corrected chi connectivity index (χ1v) is 9.05. The van der Waals surface area contributed by atoms with Gasteiger partial charge in [0.25, 0.3) is 11.8 Å². The van der Waals surface area contributed by atoms with Crippen LogP contribution in [0.1, 0.15) is 31.8 Å². The third-order valence-corrected chi connectivity index (χ3v) is 4.38. The van der Waals surface area contributed by atoms with Gasteiger partial charge in [0.15, 0.2) is 0 Å². The van der Waals surface area contributed by atoms with Gasteiger partial charge < -0.3 is 10.2 Å². The zero-order valence-electron chi connectivity index (χ0n) is 15.7. The fourth-order valence-electron chi connectivity index (χ4n) is 2.75. The molecule has 2 heterocycles. The van der Waals surface area contributed by atoms with Crippen molar-refractivity contribution in [2.24, 2.45) is 0 Å². The molecule has 3 aromatic rings. The molecule has 0 saturated carbocycles. The summed E-state index contributed by atoms with van der Waals surface area (Å²) in [5.74, 6) is -0.339. The van der Waals surface area contributed by atoms with Gasteiger partial charge in [0.05, 0.1) is 0 Å². The van der Waals surface area contributed by atoms with E-state index < -0.39 is 0 Å². The highest BCUT2D eigenvalue weighted by atomic mass is 16.2. The Morgan fingerprint density at radius 2 is 1.71 bits per heavy atom. The summed E-state index contributed by atoms with van der Waals surface area (Å²) < 4.78 is 0. The predicted molar refractivity (Wildman–Crippen MR) is 107 cm³/mol. The van der Waals surface area contributed by atoms with E-state index in [0.29, 0.717) is 24.2 Å². The molecule has 0 spiro atoms. The van der Waals surface area contributed by atoms with E-state index in [1.54, 1.807) is 61.0 Å². The molecule has 142 valence electrons. The van der Waals surface area contributed by atoms with Crippen LogP contribution in [-0.4, -0.2) is 40.3 Å². The van der Waals surface area contributed by atoms with E-state index in [1.165, 1.54) is 0 Å². The van der Waals surface area contributed by atoms with Crippen molar-refractivity contribution in [1.29, 1.82) is 0 Å². The van der Waals surface area contributed by atoms with E-state index in [9.17, 15) is 9.59 Å². The minimum Gasteiger partial charge on any atom is -0.348 e. The standard InChI is InChI=1S/C22H22N4O2/c1-26(13-9-17-7-11-23-12-8-17)22(28)20-6-2-5-19(14-20)21(27)25-16-18-4-3-10-24-15-18/h2-8,10-12,14-15H,9,13,16H2,1H3,(H,25,27). The van der Waals surface area contributed by atoms with Crippen molar-refractivity contribution in [2.45, 2.75) is 13.0 Å². The Kier molecular flexibility index (Phi) is 6.46. The van der Waals surface area contributed by atoms with E-state index in [4.69, 9.17) is 0 Å². The second-order valence-corrected chi connectivity index (χ2v) is 6.46. The number of aromatic nitrogens is 2. The molecule has 0 aliphatic rings. The van der Waals surface area contributed by atoms with Crippen molar-refractivity contribution in [3.05, 3.63) is 95.6 Å². The summed E-state index contributed by atoms with van der Waals surface area (Å²) in [7, 11) is 1.76. The number of pyridine rings is 2. The van der Waals surface area contributed by atoms with Crippen LogP contribution < -0.4 is 5.32 Å². The Hall–Kier alpha value is -3.54. The Labute approximate surface area is 164 Å². The van der Waals surface area contributed by atoms with Crippen LogP contribution in [0, 0.1) is 0 Å². The second-order valence-electron chi connectivity index (χ2n) is 6.46. The molecule has 0 fully saturated rings. The Morgan fingerprint density at radius 3 is 2.46 bits per heavy atom. The highest BCUT2D eigenvalue weighted by Gasteiger charge is 2.14. The molecule has 0 aliphatic carbocycles. The Balaban J connectivity index is 1.59. The van der Waals surface area contributed by atoms with Gasteiger partial charge in [-0.05, 0) is 53.9 Å². The van der Waals surface area contributed by atoms with Crippen LogP contribution in [0.4, 0.5) is 0 Å². The van der Waals surface area contributed by atoms with Gasteiger partial charge in [-0.1, -0.05) is 12.1 Å². The van der Waals surface area contributed by atoms with Crippen molar-refractivity contribution in [3.8, 4) is 0 Å². The van der Waals surface area contributed by atoms with E-state index >= 15 is 0 Å². The molecular weight excluding hydrogens is 352 g/mol. The largest absolute Gasteiger partial charge is 0.348 e. The molecule has 2 aromatic heterocycles. The number of likely N-dealkylation sites (N-methyl/N-ethyl adjacent to an activating group) is 1. The SMILES string of the molecule is CN(CCc1ccncc1)C(=O)c1cccc(C(=O)NCc2cccnc2)c1. The predicted octanol–water partition coefficient (Wildman–Crippen LogP) is 2.72. The van der Waals surface area contributed by atoms with E-state index in [1.807, 2.05) is 24.3 Å². The second kappa shape index (κ2) is 9.41. The minimum atomic E-state index is -0.224. The molecular formula is C22H22N4O2. The summed E-state index contributed by atoms with van der Waals surface area (Å²) in [6.45, 7) is 0.969. The third-order valence-electron chi connectivity index (χ3n) is 4.38. The maximum Gasteiger partial charge on any atom is 0.253 e. The van der Waals surface area contributed by atoms with Crippen LogP contribution in [0.2, 0.25) is 0 Å². The van der Waals surface area contributed by atoms with Crippen LogP contribution in [0.25, 0.3) is 0 Å². The first kappa shape index (κ1) is 19.2. The van der Waals surface area contributed by atoms with Crippen LogP contribution in [0.15, 0.2) is 73.3 Å². The fourth-order valence-corrected chi connectivity index (χ4v) is 2.75. The number of carbonyl (C=O) groups excluding carboxylic acids is 2. The number of nitrogens with one attached hydrogen (secondary N) is 1. The van der Waals surface area contributed by atoms with Crippen molar-refractivity contribution < 1.29 is 9.59 Å². The zero-order chi connectivity index (χ0) is 19.8. The van der Waals surface area contributed by atoms with Crippen LogP contribution in [0.3, 0.4) is 0 Å². The van der Waals surface area contributed by atoms with Gasteiger partial charge in [0.2, 0.25) is 0 Å². The summed E-state index contributed by atoms with van der Waals surface area (Å²) in [5.41, 5.74) is 2.99. The number of rotatable bonds is 7. The normalized spacial score (nSPS) is 10.3. The molecule has 1 aromatic carbocycles. The van der Waals surface area contributed by atoms with Crippen molar-refractivity contribution in [1.82, 2.24) is 20.2 Å². The molecule has 0 bridgehead atoms. The lowest BCUT2D eigenvalue weighted by Crippen LogP contribution is -2.29. The van der Waals surface area contributed by atoms with Gasteiger partial charge in [-0.3, -0.25) is 19.6 Å². The summed E-state index contributed by atoms with van der Waals surface area (Å²) in [5, 5.41) is 2.85. The topological polar surface area (TPSA) is 75.2 Å². The first-order valence-electron chi connectivity index (χ1n) is 9.05. The summed E-state index contributed by atoms with van der Waals surface area (Å²) >= 11 is 0. The maximum atomic E-state index is 12.7. The molecule has 28 heavy (non-hydrogen) atoms. The van der Waals surface area contributed by atoms with E-state index in [-0.39, 0.29) is 11.8 Å². The first-order chi connectivity index (χ1) is 13.6. The summed E-state index contributed by atoms with van der Waals surface area (Å²) in [4.78, 5) is 34.8. The van der Waals surface area contributed by atoms with Gasteiger partial charge in [0.1, 0.15) is 0 Å². The Bertz CT molecular complexity index is 930. The van der Waals surface area contributed by atoms with E-state index in [0.717, 1.165) is 17.5 Å². The van der Waals surface area contributed by atoms with Gasteiger partial charge in [-0.2, -0.15) is 0 Å². The lowest BCUT2D eigenvalue weighted by molar-refractivity contribution is 0.0796. The van der Waals surface area contributed by atoms with Gasteiger partial charge in [-0.25, -0.2) is 0 Å². The van der Waals surface area contributed by atoms with Crippen LogP contribution in [-0.2, 0) is 13.0 Å². The number of benzene rings is 1. The highest BCUT2D eigenvalue weighted by Crippen LogP contribution is 2.09. The summed E-state index contributed by atoms with van der Waals surface area (Å²) in [6.07, 6.45) is 7.62. The molecule has 0 atom stereocenters. The highest BCUT2D eigenvalue weighted by molar-refractivity contribution is 5.99. The lowest BCUT2D eigenvalue weighted by atomic mass is 10.1. The third kappa shape index (κ3) is 5.23. The maximum absolute atomic E-state index is 12.7. The van der Waals surface area contributed by atoms with E-state index in [2.05, 4.69) is 15.3 Å². The molecule has 0 saturated heterocycles. The van der Waals surface area contributed by atoms with Crippen molar-refractivity contribution in [3.63, 3.8) is 0 Å².